The summed E-state index contributed by atoms with van der Waals surface area (Å²) in [6.07, 6.45) is 3.26. The highest BCUT2D eigenvalue weighted by molar-refractivity contribution is 5.94. The van der Waals surface area contributed by atoms with Crippen LogP contribution >= 0.6 is 0 Å². The van der Waals surface area contributed by atoms with Crippen LogP contribution < -0.4 is 14.9 Å². The van der Waals surface area contributed by atoms with E-state index in [1.165, 1.54) is 31.7 Å². The number of piperidine rings is 1. The first-order valence-electron chi connectivity index (χ1n) is 6.79. The number of carbonyl (C=O) groups is 1. The lowest BCUT2D eigenvalue weighted by atomic mass is 10.1. The van der Waals surface area contributed by atoms with Gasteiger partial charge in [-0.3, -0.25) is 10.2 Å². The molecular weight excluding hydrogens is 282 g/mol. The first-order valence-corrected chi connectivity index (χ1v) is 6.79. The van der Waals surface area contributed by atoms with Gasteiger partial charge >= 0.3 is 6.61 Å². The van der Waals surface area contributed by atoms with Gasteiger partial charge in [-0.05, 0) is 31.0 Å². The second kappa shape index (κ2) is 7.21. The molecule has 7 heteroatoms. The number of nitrogens with one attached hydrogen (secondary N) is 1. The van der Waals surface area contributed by atoms with Gasteiger partial charge in [0, 0.05) is 18.7 Å². The Morgan fingerprint density at radius 2 is 1.95 bits per heavy atom. The molecule has 5 nitrogen and oxygen atoms in total. The van der Waals surface area contributed by atoms with Crippen molar-refractivity contribution in [1.29, 1.82) is 0 Å². The molecule has 1 aliphatic heterocycles. The average Bonchev–Trinajstić information content (AvgIpc) is 2.48. The normalized spacial score (nSPS) is 15.8. The zero-order chi connectivity index (χ0) is 15.2. The molecule has 0 radical (unpaired) electrons. The molecule has 1 heterocycles. The summed E-state index contributed by atoms with van der Waals surface area (Å²) in [6.45, 7) is -1.31. The van der Waals surface area contributed by atoms with E-state index in [2.05, 4.69) is 10.2 Å². The molecule has 1 aromatic carbocycles. The number of benzene rings is 1. The fourth-order valence-corrected chi connectivity index (χ4v) is 2.22. The van der Waals surface area contributed by atoms with Gasteiger partial charge in [0.15, 0.2) is 11.5 Å². The number of alkyl halides is 2. The SMILES string of the molecule is COc1cc(C(=O)NN2CCCCC2)ccc1OC(F)F. The Morgan fingerprint density at radius 1 is 1.24 bits per heavy atom. The fraction of sp³-hybridized carbons (Fsp3) is 0.500. The number of carbonyl (C=O) groups excluding carboxylic acids is 1. The third-order valence-corrected chi connectivity index (χ3v) is 3.26. The fourth-order valence-electron chi connectivity index (χ4n) is 2.22. The van der Waals surface area contributed by atoms with Gasteiger partial charge in [-0.2, -0.15) is 8.78 Å². The van der Waals surface area contributed by atoms with Crippen molar-refractivity contribution < 1.29 is 23.0 Å². The zero-order valence-electron chi connectivity index (χ0n) is 11.8. The van der Waals surface area contributed by atoms with E-state index in [-0.39, 0.29) is 17.4 Å². The standard InChI is InChI=1S/C14H18F2N2O3/c1-20-12-9-10(5-6-11(12)21-14(15)16)13(19)17-18-7-3-2-4-8-18/h5-6,9,14H,2-4,7-8H2,1H3,(H,17,19). The molecule has 1 amide bonds. The molecule has 21 heavy (non-hydrogen) atoms. The summed E-state index contributed by atoms with van der Waals surface area (Å²) in [4.78, 5) is 12.1. The van der Waals surface area contributed by atoms with Crippen molar-refractivity contribution >= 4 is 5.91 Å². The minimum atomic E-state index is -2.94. The Hall–Kier alpha value is -1.89. The molecule has 0 aromatic heterocycles. The van der Waals surface area contributed by atoms with Gasteiger partial charge in [-0.15, -0.1) is 0 Å². The number of halogens is 2. The van der Waals surface area contributed by atoms with Gasteiger partial charge in [0.05, 0.1) is 7.11 Å². The van der Waals surface area contributed by atoms with Gasteiger partial charge in [0.2, 0.25) is 0 Å². The van der Waals surface area contributed by atoms with E-state index in [1.807, 2.05) is 5.01 Å². The molecule has 1 N–H and O–H groups in total. The third kappa shape index (κ3) is 4.29. The highest BCUT2D eigenvalue weighted by atomic mass is 19.3. The van der Waals surface area contributed by atoms with Crippen molar-refractivity contribution in [3.8, 4) is 11.5 Å². The number of amides is 1. The molecule has 0 saturated carbocycles. The van der Waals surface area contributed by atoms with E-state index in [4.69, 9.17) is 4.74 Å². The molecule has 0 spiro atoms. The lowest BCUT2D eigenvalue weighted by Gasteiger charge is -2.26. The Balaban J connectivity index is 2.06. The highest BCUT2D eigenvalue weighted by Gasteiger charge is 2.17. The molecule has 1 saturated heterocycles. The van der Waals surface area contributed by atoms with Crippen LogP contribution in [0.5, 0.6) is 11.5 Å². The van der Waals surface area contributed by atoms with Crippen LogP contribution in [0.3, 0.4) is 0 Å². The number of hydrogen-bond acceptors (Lipinski definition) is 4. The number of methoxy groups -OCH3 is 1. The van der Waals surface area contributed by atoms with Gasteiger partial charge < -0.3 is 9.47 Å². The van der Waals surface area contributed by atoms with Crippen molar-refractivity contribution in [2.24, 2.45) is 0 Å². The molecule has 0 unspecified atom stereocenters. The Labute approximate surface area is 121 Å². The minimum absolute atomic E-state index is 0.0953. The maximum atomic E-state index is 12.2. The number of nitrogens with zero attached hydrogens (tertiary/aromatic N) is 1. The Bertz CT molecular complexity index is 491. The van der Waals surface area contributed by atoms with E-state index >= 15 is 0 Å². The van der Waals surface area contributed by atoms with Gasteiger partial charge in [0.25, 0.3) is 5.91 Å². The van der Waals surface area contributed by atoms with Gasteiger partial charge in [-0.25, -0.2) is 5.01 Å². The molecule has 0 atom stereocenters. The van der Waals surface area contributed by atoms with Crippen molar-refractivity contribution in [1.82, 2.24) is 10.4 Å². The van der Waals surface area contributed by atoms with Crippen molar-refractivity contribution in [3.05, 3.63) is 23.8 Å². The summed E-state index contributed by atoms with van der Waals surface area (Å²) in [6, 6.07) is 4.12. The minimum Gasteiger partial charge on any atom is -0.493 e. The topological polar surface area (TPSA) is 50.8 Å². The predicted octanol–water partition coefficient (Wildman–Crippen LogP) is 2.43. The van der Waals surface area contributed by atoms with E-state index in [0.717, 1.165) is 25.9 Å². The average molecular weight is 300 g/mol. The van der Waals surface area contributed by atoms with Crippen LogP contribution in [0, 0.1) is 0 Å². The molecule has 1 aromatic rings. The van der Waals surface area contributed by atoms with Crippen molar-refractivity contribution in [2.75, 3.05) is 20.2 Å². The molecule has 1 aliphatic rings. The highest BCUT2D eigenvalue weighted by Crippen LogP contribution is 2.29. The molecular formula is C14H18F2N2O3. The summed E-state index contributed by atoms with van der Waals surface area (Å²) in [5.41, 5.74) is 3.13. The summed E-state index contributed by atoms with van der Waals surface area (Å²) in [7, 11) is 1.33. The van der Waals surface area contributed by atoms with Crippen LogP contribution in [0.25, 0.3) is 0 Å². The van der Waals surface area contributed by atoms with Crippen LogP contribution in [0.2, 0.25) is 0 Å². The van der Waals surface area contributed by atoms with Crippen LogP contribution in [0.1, 0.15) is 29.6 Å². The molecule has 0 aliphatic carbocycles. The number of hydrogen-bond donors (Lipinski definition) is 1. The summed E-state index contributed by atoms with van der Waals surface area (Å²) < 4.78 is 33.8. The number of hydrazine groups is 1. The number of ether oxygens (including phenoxy) is 2. The lowest BCUT2D eigenvalue weighted by molar-refractivity contribution is -0.0512. The van der Waals surface area contributed by atoms with E-state index < -0.39 is 6.61 Å². The smallest absolute Gasteiger partial charge is 0.387 e. The van der Waals surface area contributed by atoms with E-state index in [0.29, 0.717) is 5.56 Å². The summed E-state index contributed by atoms with van der Waals surface area (Å²) in [5, 5.41) is 1.86. The molecule has 0 bridgehead atoms. The quantitative estimate of drug-likeness (QED) is 0.907. The van der Waals surface area contributed by atoms with Crippen molar-refractivity contribution in [3.63, 3.8) is 0 Å². The monoisotopic (exact) mass is 300 g/mol. The van der Waals surface area contributed by atoms with E-state index in [9.17, 15) is 13.6 Å². The van der Waals surface area contributed by atoms with Crippen LogP contribution in [0.4, 0.5) is 8.78 Å². The summed E-state index contributed by atoms with van der Waals surface area (Å²) >= 11 is 0. The lowest BCUT2D eigenvalue weighted by Crippen LogP contribution is -2.45. The third-order valence-electron chi connectivity index (χ3n) is 3.26. The number of rotatable bonds is 5. The second-order valence-corrected chi connectivity index (χ2v) is 4.73. The van der Waals surface area contributed by atoms with Gasteiger partial charge in [-0.1, -0.05) is 6.42 Å². The molecule has 116 valence electrons. The first kappa shape index (κ1) is 15.5. The Morgan fingerprint density at radius 3 is 2.57 bits per heavy atom. The maximum absolute atomic E-state index is 12.2. The van der Waals surface area contributed by atoms with Crippen LogP contribution in [-0.4, -0.2) is 37.7 Å². The zero-order valence-corrected chi connectivity index (χ0v) is 11.8. The molecule has 2 rings (SSSR count). The molecule has 1 fully saturated rings. The largest absolute Gasteiger partial charge is 0.493 e. The van der Waals surface area contributed by atoms with Gasteiger partial charge in [0.1, 0.15) is 0 Å². The van der Waals surface area contributed by atoms with Crippen LogP contribution in [-0.2, 0) is 0 Å². The summed E-state index contributed by atoms with van der Waals surface area (Å²) in [5.74, 6) is -0.289. The predicted molar refractivity (Wildman–Crippen MR) is 72.5 cm³/mol. The Kier molecular flexibility index (Phi) is 5.32. The maximum Gasteiger partial charge on any atom is 0.387 e. The van der Waals surface area contributed by atoms with Crippen molar-refractivity contribution in [2.45, 2.75) is 25.9 Å². The first-order chi connectivity index (χ1) is 10.1. The second-order valence-electron chi connectivity index (χ2n) is 4.73. The van der Waals surface area contributed by atoms with E-state index in [1.54, 1.807) is 0 Å². The van der Waals surface area contributed by atoms with Crippen LogP contribution in [0.15, 0.2) is 18.2 Å².